The molecule has 2 amide bonds. The molecule has 4 atom stereocenters. The number of benzene rings is 1. The minimum atomic E-state index is -0.595. The molecule has 2 saturated carbocycles. The predicted octanol–water partition coefficient (Wildman–Crippen LogP) is 4.20. The summed E-state index contributed by atoms with van der Waals surface area (Å²) in [5, 5.41) is 11.7. The van der Waals surface area contributed by atoms with E-state index >= 15 is 0 Å². The molecule has 2 aliphatic carbocycles. The number of carbonyl (C=O) groups is 2. The molecule has 0 bridgehead atoms. The molecule has 2 aromatic rings. The fraction of sp³-hybridized carbons (Fsp3) is 0.600. The summed E-state index contributed by atoms with van der Waals surface area (Å²) in [5.41, 5.74) is -0.742. The van der Waals surface area contributed by atoms with E-state index in [2.05, 4.69) is 15.5 Å². The molecule has 5 rings (SSSR count). The standard InChI is InChI=1S/C25H30ClFN4O5/c1-24(2,3)36-23(33)31-9-7-14(12-31)21-29-30-22(35-21)25-8-6-16(25)19(11-25)28-20(32)13-34-15-4-5-17(26)18(27)10-15/h4-5,10,14,16,19H,6-9,11-13H2,1-3H3,(H,28,32). The summed E-state index contributed by atoms with van der Waals surface area (Å²) < 4.78 is 30.5. The van der Waals surface area contributed by atoms with Crippen molar-refractivity contribution in [1.29, 1.82) is 0 Å². The van der Waals surface area contributed by atoms with Crippen LogP contribution < -0.4 is 10.1 Å². The molecule has 1 aliphatic heterocycles. The number of rotatable bonds is 6. The number of hydrogen-bond acceptors (Lipinski definition) is 7. The van der Waals surface area contributed by atoms with Crippen molar-refractivity contribution in [2.45, 2.75) is 69.4 Å². The first kappa shape index (κ1) is 24.8. The number of nitrogens with one attached hydrogen (secondary N) is 1. The number of likely N-dealkylation sites (tertiary alicyclic amines) is 1. The number of aromatic nitrogens is 2. The second-order valence-electron chi connectivity index (χ2n) is 10.9. The highest BCUT2D eigenvalue weighted by molar-refractivity contribution is 6.30. The number of nitrogens with zero attached hydrogens (tertiary/aromatic N) is 3. The lowest BCUT2D eigenvalue weighted by Crippen LogP contribution is -2.67. The Labute approximate surface area is 213 Å². The third-order valence-electron chi connectivity index (χ3n) is 7.34. The van der Waals surface area contributed by atoms with Crippen molar-refractivity contribution in [2.24, 2.45) is 5.92 Å². The van der Waals surface area contributed by atoms with E-state index in [0.29, 0.717) is 24.9 Å². The Hall–Kier alpha value is -2.88. The Morgan fingerprint density at radius 2 is 2.11 bits per heavy atom. The van der Waals surface area contributed by atoms with Gasteiger partial charge in [0.25, 0.3) is 5.91 Å². The summed E-state index contributed by atoms with van der Waals surface area (Å²) >= 11 is 5.67. The van der Waals surface area contributed by atoms with Gasteiger partial charge in [0, 0.05) is 25.2 Å². The van der Waals surface area contributed by atoms with E-state index in [4.69, 9.17) is 25.5 Å². The van der Waals surface area contributed by atoms with Gasteiger partial charge in [-0.2, -0.15) is 0 Å². The lowest BCUT2D eigenvalue weighted by molar-refractivity contribution is -0.129. The van der Waals surface area contributed by atoms with Crippen molar-refractivity contribution in [3.05, 3.63) is 40.8 Å². The number of hydrogen-bond donors (Lipinski definition) is 1. The molecule has 2 heterocycles. The molecule has 0 radical (unpaired) electrons. The SMILES string of the molecule is CC(C)(C)OC(=O)N1CCC(c2nnc(C34CCC3C(NC(=O)COc3ccc(Cl)c(F)c3)C4)o2)C1. The second-order valence-corrected chi connectivity index (χ2v) is 11.3. The van der Waals surface area contributed by atoms with Gasteiger partial charge >= 0.3 is 6.09 Å². The van der Waals surface area contributed by atoms with E-state index < -0.39 is 11.4 Å². The molecule has 0 spiro atoms. The number of fused-ring (bicyclic) bond motifs is 1. The molecular formula is C25H30ClFN4O5. The third kappa shape index (κ3) is 4.75. The largest absolute Gasteiger partial charge is 0.484 e. The third-order valence-corrected chi connectivity index (χ3v) is 7.65. The van der Waals surface area contributed by atoms with Crippen LogP contribution in [0.4, 0.5) is 9.18 Å². The van der Waals surface area contributed by atoms with Crippen LogP contribution in [-0.4, -0.2) is 58.4 Å². The first-order valence-electron chi connectivity index (χ1n) is 12.2. The van der Waals surface area contributed by atoms with Gasteiger partial charge in [-0.1, -0.05) is 11.6 Å². The van der Waals surface area contributed by atoms with E-state index in [9.17, 15) is 14.0 Å². The molecule has 4 unspecified atom stereocenters. The van der Waals surface area contributed by atoms with Crippen molar-refractivity contribution in [3.63, 3.8) is 0 Å². The molecule has 1 aromatic carbocycles. The Balaban J connectivity index is 1.13. The average Bonchev–Trinajstić information content (AvgIpc) is 3.46. The average molecular weight is 521 g/mol. The predicted molar refractivity (Wildman–Crippen MR) is 127 cm³/mol. The van der Waals surface area contributed by atoms with Gasteiger partial charge in [0.2, 0.25) is 11.8 Å². The van der Waals surface area contributed by atoms with Crippen LogP contribution in [0.5, 0.6) is 5.75 Å². The summed E-state index contributed by atoms with van der Waals surface area (Å²) in [6, 6.07) is 4.06. The number of ether oxygens (including phenoxy) is 2. The lowest BCUT2D eigenvalue weighted by Gasteiger charge is -2.61. The molecule has 36 heavy (non-hydrogen) atoms. The number of amides is 2. The monoisotopic (exact) mass is 520 g/mol. The topological polar surface area (TPSA) is 107 Å². The van der Waals surface area contributed by atoms with Crippen LogP contribution in [0.25, 0.3) is 0 Å². The Kier molecular flexibility index (Phi) is 6.34. The van der Waals surface area contributed by atoms with Crippen molar-refractivity contribution in [2.75, 3.05) is 19.7 Å². The maximum atomic E-state index is 13.5. The van der Waals surface area contributed by atoms with Crippen molar-refractivity contribution < 1.29 is 27.9 Å². The van der Waals surface area contributed by atoms with Crippen LogP contribution in [0.1, 0.15) is 64.2 Å². The van der Waals surface area contributed by atoms with Crippen LogP contribution in [0, 0.1) is 11.7 Å². The highest BCUT2D eigenvalue weighted by atomic mass is 35.5. The maximum Gasteiger partial charge on any atom is 0.410 e. The van der Waals surface area contributed by atoms with E-state index in [1.165, 1.54) is 12.1 Å². The minimum Gasteiger partial charge on any atom is -0.484 e. The van der Waals surface area contributed by atoms with Crippen LogP contribution in [0.3, 0.4) is 0 Å². The van der Waals surface area contributed by atoms with Crippen molar-refractivity contribution in [1.82, 2.24) is 20.4 Å². The van der Waals surface area contributed by atoms with Gasteiger partial charge in [-0.3, -0.25) is 4.79 Å². The molecule has 11 heteroatoms. The van der Waals surface area contributed by atoms with E-state index in [-0.39, 0.29) is 52.7 Å². The first-order valence-corrected chi connectivity index (χ1v) is 12.6. The normalized spacial score (nSPS) is 27.0. The summed E-state index contributed by atoms with van der Waals surface area (Å²) in [6.45, 7) is 6.41. The molecule has 1 aromatic heterocycles. The van der Waals surface area contributed by atoms with E-state index in [0.717, 1.165) is 31.7 Å². The first-order chi connectivity index (χ1) is 17.0. The molecular weight excluding hydrogens is 491 g/mol. The molecule has 9 nitrogen and oxygen atoms in total. The molecule has 194 valence electrons. The Morgan fingerprint density at radius 1 is 1.31 bits per heavy atom. The minimum absolute atomic E-state index is 0.0000684. The zero-order valence-corrected chi connectivity index (χ0v) is 21.3. The fourth-order valence-electron chi connectivity index (χ4n) is 5.40. The van der Waals surface area contributed by atoms with Gasteiger partial charge in [-0.25, -0.2) is 9.18 Å². The van der Waals surface area contributed by atoms with Gasteiger partial charge < -0.3 is 24.1 Å². The lowest BCUT2D eigenvalue weighted by atomic mass is 9.45. The number of halogens is 2. The van der Waals surface area contributed by atoms with Crippen LogP contribution in [0.2, 0.25) is 5.02 Å². The van der Waals surface area contributed by atoms with Crippen molar-refractivity contribution >= 4 is 23.6 Å². The highest BCUT2D eigenvalue weighted by Gasteiger charge is 2.64. The van der Waals surface area contributed by atoms with Gasteiger partial charge in [-0.15, -0.1) is 10.2 Å². The summed E-state index contributed by atoms with van der Waals surface area (Å²) in [5.74, 6) is 0.755. The quantitative estimate of drug-likeness (QED) is 0.608. The van der Waals surface area contributed by atoms with Crippen molar-refractivity contribution in [3.8, 4) is 5.75 Å². The smallest absolute Gasteiger partial charge is 0.410 e. The molecule has 3 fully saturated rings. The van der Waals surface area contributed by atoms with Gasteiger partial charge in [0.1, 0.15) is 17.2 Å². The van der Waals surface area contributed by atoms with Gasteiger partial charge in [0.05, 0.1) is 16.4 Å². The van der Waals surface area contributed by atoms with E-state index in [1.54, 1.807) is 4.90 Å². The van der Waals surface area contributed by atoms with Gasteiger partial charge in [-0.05, 0) is 64.5 Å². The fourth-order valence-corrected chi connectivity index (χ4v) is 5.51. The summed E-state index contributed by atoms with van der Waals surface area (Å²) in [4.78, 5) is 26.4. The Bertz CT molecular complexity index is 1170. The Morgan fingerprint density at radius 3 is 2.78 bits per heavy atom. The number of carbonyl (C=O) groups excluding carboxylic acids is 2. The summed E-state index contributed by atoms with van der Waals surface area (Å²) in [7, 11) is 0. The molecule has 3 aliphatic rings. The maximum absolute atomic E-state index is 13.5. The van der Waals surface area contributed by atoms with Crippen LogP contribution >= 0.6 is 11.6 Å². The highest BCUT2D eigenvalue weighted by Crippen LogP contribution is 2.61. The molecule has 1 saturated heterocycles. The zero-order valence-electron chi connectivity index (χ0n) is 20.6. The van der Waals surface area contributed by atoms with Crippen LogP contribution in [0.15, 0.2) is 22.6 Å². The molecule has 1 N–H and O–H groups in total. The van der Waals surface area contributed by atoms with Crippen LogP contribution in [-0.2, 0) is 14.9 Å². The summed E-state index contributed by atoms with van der Waals surface area (Å²) in [6.07, 6.45) is 3.02. The van der Waals surface area contributed by atoms with Gasteiger partial charge in [0.15, 0.2) is 6.61 Å². The zero-order chi connectivity index (χ0) is 25.7. The second kappa shape index (κ2) is 9.21. The van der Waals surface area contributed by atoms with E-state index in [1.807, 2.05) is 20.8 Å².